The summed E-state index contributed by atoms with van der Waals surface area (Å²) in [5.41, 5.74) is 7.39. The van der Waals surface area contributed by atoms with Gasteiger partial charge in [0.15, 0.2) is 5.69 Å². The van der Waals surface area contributed by atoms with Gasteiger partial charge in [-0.05, 0) is 30.7 Å². The van der Waals surface area contributed by atoms with E-state index in [9.17, 15) is 4.79 Å². The van der Waals surface area contributed by atoms with Crippen molar-refractivity contribution in [2.45, 2.75) is 6.92 Å². The van der Waals surface area contributed by atoms with Crippen molar-refractivity contribution in [3.63, 3.8) is 0 Å². The molecule has 2 heterocycles. The van der Waals surface area contributed by atoms with Crippen molar-refractivity contribution in [2.75, 3.05) is 12.3 Å². The fourth-order valence-electron chi connectivity index (χ4n) is 1.62. The Morgan fingerprint density at radius 1 is 1.32 bits per heavy atom. The number of anilines is 1. The first kappa shape index (κ1) is 14.9. The Balaban J connectivity index is 0.00000180. The molecule has 0 aliphatic heterocycles. The second-order valence-corrected chi connectivity index (χ2v) is 3.59. The molecule has 2 N–H and O–H groups in total. The largest absolute Gasteiger partial charge is 0.461 e. The molecule has 0 aliphatic rings. The summed E-state index contributed by atoms with van der Waals surface area (Å²) in [6, 6.07) is 7.03. The van der Waals surface area contributed by atoms with Gasteiger partial charge in [-0.2, -0.15) is 0 Å². The van der Waals surface area contributed by atoms with Gasteiger partial charge in [0.25, 0.3) is 0 Å². The maximum Gasteiger partial charge on any atom is 0.357 e. The van der Waals surface area contributed by atoms with Gasteiger partial charge in [-0.15, -0.1) is 12.4 Å². The molecule has 100 valence electrons. The molecule has 19 heavy (non-hydrogen) atoms. The van der Waals surface area contributed by atoms with E-state index in [2.05, 4.69) is 9.97 Å². The van der Waals surface area contributed by atoms with Crippen LogP contribution in [-0.4, -0.2) is 22.5 Å². The number of nitrogen functional groups attached to an aromatic ring is 1. The van der Waals surface area contributed by atoms with Gasteiger partial charge in [0.2, 0.25) is 0 Å². The molecule has 0 aliphatic carbocycles. The van der Waals surface area contributed by atoms with Crippen molar-refractivity contribution in [2.24, 2.45) is 0 Å². The van der Waals surface area contributed by atoms with Crippen LogP contribution >= 0.6 is 12.4 Å². The van der Waals surface area contributed by atoms with Gasteiger partial charge in [-0.1, -0.05) is 6.07 Å². The van der Waals surface area contributed by atoms with E-state index < -0.39 is 5.97 Å². The first-order valence-electron chi connectivity index (χ1n) is 5.56. The molecule has 2 aromatic heterocycles. The summed E-state index contributed by atoms with van der Waals surface area (Å²) < 4.78 is 4.97. The number of ether oxygens (including phenoxy) is 1. The van der Waals surface area contributed by atoms with Crippen LogP contribution in [0, 0.1) is 0 Å². The number of aromatic nitrogens is 2. The zero-order valence-corrected chi connectivity index (χ0v) is 11.2. The van der Waals surface area contributed by atoms with Crippen molar-refractivity contribution in [3.05, 3.63) is 42.4 Å². The number of halogens is 1. The predicted molar refractivity (Wildman–Crippen MR) is 75.1 cm³/mol. The van der Waals surface area contributed by atoms with E-state index in [-0.39, 0.29) is 18.1 Å². The number of carbonyl (C=O) groups is 1. The summed E-state index contributed by atoms with van der Waals surface area (Å²) in [5.74, 6) is -0.0466. The van der Waals surface area contributed by atoms with Gasteiger partial charge in [0.1, 0.15) is 5.82 Å². The van der Waals surface area contributed by atoms with Crippen molar-refractivity contribution in [1.82, 2.24) is 9.97 Å². The minimum absolute atomic E-state index is 0. The second-order valence-electron chi connectivity index (χ2n) is 3.59. The third kappa shape index (κ3) is 3.42. The highest BCUT2D eigenvalue weighted by molar-refractivity contribution is 5.95. The number of hydrogen-bond donors (Lipinski definition) is 1. The Kier molecular flexibility index (Phi) is 5.26. The van der Waals surface area contributed by atoms with Crippen LogP contribution in [0.5, 0.6) is 0 Å². The Morgan fingerprint density at radius 3 is 2.79 bits per heavy atom. The standard InChI is InChI=1S/C13H13N3O2.ClH/c1-2-18-13(17)12-10(4-3-6-16-12)9-5-7-15-11(14)8-9;/h3-8H,2H2,1H3,(H2,14,15);1H. The number of pyridine rings is 2. The number of nitrogens with two attached hydrogens (primary N) is 1. The zero-order chi connectivity index (χ0) is 13.0. The number of esters is 1. The highest BCUT2D eigenvalue weighted by Gasteiger charge is 2.15. The van der Waals surface area contributed by atoms with Gasteiger partial charge < -0.3 is 10.5 Å². The molecular weight excluding hydrogens is 266 g/mol. The zero-order valence-electron chi connectivity index (χ0n) is 10.4. The molecule has 0 atom stereocenters. The molecule has 0 saturated heterocycles. The molecule has 0 spiro atoms. The fourth-order valence-corrected chi connectivity index (χ4v) is 1.62. The van der Waals surface area contributed by atoms with E-state index in [0.29, 0.717) is 18.0 Å². The fraction of sp³-hybridized carbons (Fsp3) is 0.154. The van der Waals surface area contributed by atoms with Crippen molar-refractivity contribution >= 4 is 24.2 Å². The molecule has 0 bridgehead atoms. The van der Waals surface area contributed by atoms with Gasteiger partial charge in [0.05, 0.1) is 6.61 Å². The maximum absolute atomic E-state index is 11.8. The van der Waals surface area contributed by atoms with Crippen LogP contribution < -0.4 is 5.73 Å². The SMILES string of the molecule is CCOC(=O)c1ncccc1-c1ccnc(N)c1.Cl. The minimum Gasteiger partial charge on any atom is -0.461 e. The Morgan fingerprint density at radius 2 is 2.11 bits per heavy atom. The normalized spacial score (nSPS) is 9.53. The quantitative estimate of drug-likeness (QED) is 0.873. The molecule has 6 heteroatoms. The molecular formula is C13H14ClN3O2. The Labute approximate surface area is 117 Å². The molecule has 0 fully saturated rings. The molecule has 5 nitrogen and oxygen atoms in total. The summed E-state index contributed by atoms with van der Waals surface area (Å²) in [7, 11) is 0. The van der Waals surface area contributed by atoms with Crippen LogP contribution in [0.15, 0.2) is 36.7 Å². The third-order valence-electron chi connectivity index (χ3n) is 2.37. The number of hydrogen-bond acceptors (Lipinski definition) is 5. The van der Waals surface area contributed by atoms with Crippen molar-refractivity contribution in [3.8, 4) is 11.1 Å². The Hall–Kier alpha value is -2.14. The van der Waals surface area contributed by atoms with E-state index in [1.54, 1.807) is 43.6 Å². The molecule has 0 radical (unpaired) electrons. The van der Waals surface area contributed by atoms with E-state index in [1.165, 1.54) is 0 Å². The molecule has 2 aromatic rings. The predicted octanol–water partition coefficient (Wildman–Crippen LogP) is 2.32. The lowest BCUT2D eigenvalue weighted by atomic mass is 10.1. The van der Waals surface area contributed by atoms with Gasteiger partial charge >= 0.3 is 5.97 Å². The molecule has 0 amide bonds. The van der Waals surface area contributed by atoms with E-state index >= 15 is 0 Å². The average molecular weight is 280 g/mol. The molecule has 0 aromatic carbocycles. The summed E-state index contributed by atoms with van der Waals surface area (Å²) in [5, 5.41) is 0. The lowest BCUT2D eigenvalue weighted by Gasteiger charge is -2.07. The molecule has 2 rings (SSSR count). The molecule has 0 unspecified atom stereocenters. The maximum atomic E-state index is 11.8. The van der Waals surface area contributed by atoms with Gasteiger partial charge in [0, 0.05) is 18.0 Å². The number of carbonyl (C=O) groups excluding carboxylic acids is 1. The van der Waals surface area contributed by atoms with Crippen molar-refractivity contribution in [1.29, 1.82) is 0 Å². The van der Waals surface area contributed by atoms with Crippen LogP contribution in [0.3, 0.4) is 0 Å². The smallest absolute Gasteiger partial charge is 0.357 e. The summed E-state index contributed by atoms with van der Waals surface area (Å²) >= 11 is 0. The lowest BCUT2D eigenvalue weighted by molar-refractivity contribution is 0.0520. The van der Waals surface area contributed by atoms with Gasteiger partial charge in [-0.25, -0.2) is 14.8 Å². The highest BCUT2D eigenvalue weighted by atomic mass is 35.5. The first-order valence-corrected chi connectivity index (χ1v) is 5.56. The average Bonchev–Trinajstić information content (AvgIpc) is 2.39. The minimum atomic E-state index is -0.441. The second kappa shape index (κ2) is 6.70. The van der Waals surface area contributed by atoms with Crippen LogP contribution in [0.25, 0.3) is 11.1 Å². The van der Waals surface area contributed by atoms with E-state index in [0.717, 1.165) is 5.56 Å². The number of rotatable bonds is 3. The summed E-state index contributed by atoms with van der Waals surface area (Å²) in [6.07, 6.45) is 3.15. The third-order valence-corrected chi connectivity index (χ3v) is 2.37. The van der Waals surface area contributed by atoms with Gasteiger partial charge in [-0.3, -0.25) is 0 Å². The van der Waals surface area contributed by atoms with Crippen LogP contribution in [0.1, 0.15) is 17.4 Å². The Bertz CT molecular complexity index is 575. The van der Waals surface area contributed by atoms with Crippen molar-refractivity contribution < 1.29 is 9.53 Å². The summed E-state index contributed by atoms with van der Waals surface area (Å²) in [4.78, 5) is 19.8. The molecule has 0 saturated carbocycles. The van der Waals surface area contributed by atoms with Crippen LogP contribution in [0.2, 0.25) is 0 Å². The first-order chi connectivity index (χ1) is 8.72. The van der Waals surface area contributed by atoms with E-state index in [4.69, 9.17) is 10.5 Å². The monoisotopic (exact) mass is 279 g/mol. The summed E-state index contributed by atoms with van der Waals surface area (Å²) in [6.45, 7) is 2.07. The number of nitrogens with zero attached hydrogens (tertiary/aromatic N) is 2. The van der Waals surface area contributed by atoms with Crippen LogP contribution in [0.4, 0.5) is 5.82 Å². The van der Waals surface area contributed by atoms with Crippen LogP contribution in [-0.2, 0) is 4.74 Å². The lowest BCUT2D eigenvalue weighted by Crippen LogP contribution is -2.08. The topological polar surface area (TPSA) is 78.1 Å². The van der Waals surface area contributed by atoms with E-state index in [1.807, 2.05) is 0 Å². The highest BCUT2D eigenvalue weighted by Crippen LogP contribution is 2.23.